The van der Waals surface area contributed by atoms with Crippen molar-refractivity contribution in [3.05, 3.63) is 143 Å². The van der Waals surface area contributed by atoms with E-state index in [-0.39, 0.29) is 5.41 Å². The van der Waals surface area contributed by atoms with Gasteiger partial charge in [0.2, 0.25) is 0 Å². The Bertz CT molecular complexity index is 1880. The van der Waals surface area contributed by atoms with Gasteiger partial charge in [0.25, 0.3) is 0 Å². The Morgan fingerprint density at radius 1 is 0.674 bits per heavy atom. The smallest absolute Gasteiger partial charge is 0.0540 e. The lowest BCUT2D eigenvalue weighted by Crippen LogP contribution is -2.31. The van der Waals surface area contributed by atoms with E-state index in [0.29, 0.717) is 23.7 Å². The molecule has 0 aliphatic heterocycles. The number of benzene rings is 4. The predicted molar refractivity (Wildman–Crippen MR) is 195 cm³/mol. The number of anilines is 3. The second-order valence-corrected chi connectivity index (χ2v) is 15.2. The van der Waals surface area contributed by atoms with Gasteiger partial charge in [0.15, 0.2) is 0 Å². The average Bonchev–Trinajstić information content (AvgIpc) is 3.30. The molecule has 0 N–H and O–H groups in total. The molecule has 0 heterocycles. The lowest BCUT2D eigenvalue weighted by molar-refractivity contribution is 0.342. The molecule has 0 spiro atoms. The van der Waals surface area contributed by atoms with Crippen LogP contribution in [0.3, 0.4) is 0 Å². The molecule has 0 aromatic heterocycles. The summed E-state index contributed by atoms with van der Waals surface area (Å²) in [5, 5.41) is 0. The third kappa shape index (κ3) is 4.00. The molecular formula is C45H45N. The monoisotopic (exact) mass is 599 g/mol. The lowest BCUT2D eigenvalue weighted by Gasteiger charge is -2.48. The molecule has 0 atom stereocenters. The Morgan fingerprint density at radius 2 is 1.26 bits per heavy atom. The molecule has 46 heavy (non-hydrogen) atoms. The third-order valence-corrected chi connectivity index (χ3v) is 12.6. The second kappa shape index (κ2) is 10.5. The van der Waals surface area contributed by atoms with E-state index in [1.54, 1.807) is 27.9 Å². The van der Waals surface area contributed by atoms with Crippen molar-refractivity contribution in [3.8, 4) is 11.1 Å². The number of hydrogen-bond acceptors (Lipinski definition) is 1. The summed E-state index contributed by atoms with van der Waals surface area (Å²) >= 11 is 0. The van der Waals surface area contributed by atoms with E-state index < -0.39 is 0 Å². The van der Waals surface area contributed by atoms with Crippen molar-refractivity contribution in [2.75, 3.05) is 4.90 Å². The summed E-state index contributed by atoms with van der Waals surface area (Å²) in [5.41, 5.74) is 18.4. The SMILES string of the molecule is C=C/C=C1\C(=C)C(C)(C)c2cc(N(c3ccccc3-c3ccccc3)c3c4c(cc5c3C3CCC5CC3)C3CCC4CC3)ccc21. The second-order valence-electron chi connectivity index (χ2n) is 15.2. The molecule has 0 unspecified atom stereocenters. The van der Waals surface area contributed by atoms with Crippen molar-refractivity contribution in [2.24, 2.45) is 0 Å². The van der Waals surface area contributed by atoms with Gasteiger partial charge in [-0.05, 0) is 143 Å². The minimum atomic E-state index is -0.154. The molecule has 230 valence electrons. The molecule has 0 radical (unpaired) electrons. The Kier molecular flexibility index (Phi) is 6.40. The summed E-state index contributed by atoms with van der Waals surface area (Å²) in [4.78, 5) is 2.75. The fourth-order valence-electron chi connectivity index (χ4n) is 10.2. The van der Waals surface area contributed by atoms with E-state index in [2.05, 4.69) is 117 Å². The number of fused-ring (bicyclic) bond motifs is 5. The van der Waals surface area contributed by atoms with E-state index in [9.17, 15) is 0 Å². The van der Waals surface area contributed by atoms with Gasteiger partial charge in [-0.2, -0.15) is 0 Å². The maximum atomic E-state index is 4.60. The van der Waals surface area contributed by atoms with E-state index in [1.807, 2.05) is 6.08 Å². The molecular weight excluding hydrogens is 555 g/mol. The minimum Gasteiger partial charge on any atom is -0.309 e. The van der Waals surface area contributed by atoms with Crippen molar-refractivity contribution in [1.29, 1.82) is 0 Å². The van der Waals surface area contributed by atoms with Crippen LogP contribution in [-0.2, 0) is 5.41 Å². The van der Waals surface area contributed by atoms with Gasteiger partial charge >= 0.3 is 0 Å². The van der Waals surface area contributed by atoms with Gasteiger partial charge in [-0.1, -0.05) is 99.8 Å². The van der Waals surface area contributed by atoms with E-state index in [0.717, 1.165) is 0 Å². The summed E-state index contributed by atoms with van der Waals surface area (Å²) in [5.74, 6) is 2.73. The van der Waals surface area contributed by atoms with Crippen molar-refractivity contribution in [1.82, 2.24) is 0 Å². The molecule has 2 fully saturated rings. The highest BCUT2D eigenvalue weighted by Crippen LogP contribution is 2.62. The topological polar surface area (TPSA) is 3.24 Å². The average molecular weight is 600 g/mol. The molecule has 4 aromatic rings. The standard InChI is InChI=1S/C45H45N/c1-5-11-35-28(2)45(3,4)40-26-34(24-25-37(35)40)46(41-15-10-9-14-36(41)29-12-7-6-8-13-29)44-42-32-20-16-30(17-21-32)38(42)27-39-31-18-22-33(23-19-31)43(39)44/h5-15,24-27,30-33H,1-2,16-23H2,3-4H3/b35-11+. The number of nitrogens with zero attached hydrogens (tertiary/aromatic N) is 1. The molecule has 0 saturated heterocycles. The van der Waals surface area contributed by atoms with Gasteiger partial charge in [-0.15, -0.1) is 0 Å². The van der Waals surface area contributed by atoms with Crippen LogP contribution in [0.5, 0.6) is 0 Å². The maximum Gasteiger partial charge on any atom is 0.0540 e. The predicted octanol–water partition coefficient (Wildman–Crippen LogP) is 12.7. The number of para-hydroxylation sites is 1. The highest BCUT2D eigenvalue weighted by molar-refractivity contribution is 5.95. The summed E-state index contributed by atoms with van der Waals surface area (Å²) in [6, 6.07) is 30.3. The first-order chi connectivity index (χ1) is 22.5. The highest BCUT2D eigenvalue weighted by atomic mass is 15.2. The zero-order valence-electron chi connectivity index (χ0n) is 27.5. The van der Waals surface area contributed by atoms with Crippen molar-refractivity contribution in [2.45, 2.75) is 94.3 Å². The Morgan fingerprint density at radius 3 is 1.89 bits per heavy atom. The van der Waals surface area contributed by atoms with Crippen molar-refractivity contribution in [3.63, 3.8) is 0 Å². The fourth-order valence-corrected chi connectivity index (χ4v) is 10.2. The largest absolute Gasteiger partial charge is 0.309 e. The van der Waals surface area contributed by atoms with E-state index in [4.69, 9.17) is 0 Å². The van der Waals surface area contributed by atoms with Gasteiger partial charge in [0, 0.05) is 16.7 Å². The lowest BCUT2D eigenvalue weighted by atomic mass is 9.60. The first-order valence-electron chi connectivity index (χ1n) is 17.8. The molecule has 2 saturated carbocycles. The van der Waals surface area contributed by atoms with E-state index in [1.165, 1.54) is 96.1 Å². The number of hydrogen-bond donors (Lipinski definition) is 0. The molecule has 7 aliphatic carbocycles. The Labute approximate surface area is 275 Å². The fraction of sp³-hybridized carbons (Fsp3) is 0.333. The van der Waals surface area contributed by atoms with Crippen molar-refractivity contribution < 1.29 is 0 Å². The summed E-state index contributed by atoms with van der Waals surface area (Å²) < 4.78 is 0. The molecule has 4 bridgehead atoms. The van der Waals surface area contributed by atoms with E-state index >= 15 is 0 Å². The number of rotatable bonds is 5. The van der Waals surface area contributed by atoms with Gasteiger partial charge < -0.3 is 4.90 Å². The van der Waals surface area contributed by atoms with Crippen LogP contribution in [0.15, 0.2) is 110 Å². The van der Waals surface area contributed by atoms with Gasteiger partial charge in [-0.25, -0.2) is 0 Å². The van der Waals surface area contributed by atoms with Crippen LogP contribution in [-0.4, -0.2) is 0 Å². The zero-order chi connectivity index (χ0) is 31.2. The van der Waals surface area contributed by atoms with Crippen LogP contribution >= 0.6 is 0 Å². The third-order valence-electron chi connectivity index (χ3n) is 12.6. The van der Waals surface area contributed by atoms with Crippen LogP contribution in [0.25, 0.3) is 16.7 Å². The minimum absolute atomic E-state index is 0.154. The van der Waals surface area contributed by atoms with Crippen LogP contribution in [0.1, 0.15) is 122 Å². The molecule has 4 aromatic carbocycles. The molecule has 1 heteroatoms. The summed E-state index contributed by atoms with van der Waals surface area (Å²) in [6.07, 6.45) is 14.8. The zero-order valence-corrected chi connectivity index (χ0v) is 27.5. The summed E-state index contributed by atoms with van der Waals surface area (Å²) in [6.45, 7) is 13.3. The highest BCUT2D eigenvalue weighted by Gasteiger charge is 2.44. The van der Waals surface area contributed by atoms with Gasteiger partial charge in [0.05, 0.1) is 11.4 Å². The molecule has 0 amide bonds. The van der Waals surface area contributed by atoms with Gasteiger partial charge in [-0.3, -0.25) is 0 Å². The number of allylic oxidation sites excluding steroid dienone is 4. The molecule has 1 nitrogen and oxygen atoms in total. The van der Waals surface area contributed by atoms with Crippen LogP contribution in [0.4, 0.5) is 17.1 Å². The van der Waals surface area contributed by atoms with Crippen LogP contribution < -0.4 is 4.90 Å². The Balaban J connectivity index is 1.38. The Hall–Kier alpha value is -4.10. The summed E-state index contributed by atoms with van der Waals surface area (Å²) in [7, 11) is 0. The van der Waals surface area contributed by atoms with Gasteiger partial charge in [0.1, 0.15) is 0 Å². The quantitative estimate of drug-likeness (QED) is 0.221. The van der Waals surface area contributed by atoms with Crippen molar-refractivity contribution >= 4 is 22.6 Å². The first kappa shape index (κ1) is 28.1. The molecule has 7 aliphatic rings. The molecule has 11 rings (SSSR count). The van der Waals surface area contributed by atoms with Crippen LogP contribution in [0, 0.1) is 0 Å². The van der Waals surface area contributed by atoms with Crippen LogP contribution in [0.2, 0.25) is 0 Å². The maximum absolute atomic E-state index is 4.60. The normalized spacial score (nSPS) is 25.7. The first-order valence-corrected chi connectivity index (χ1v) is 17.8.